The second kappa shape index (κ2) is 6.92. The highest BCUT2D eigenvalue weighted by Crippen LogP contribution is 2.08. The lowest BCUT2D eigenvalue weighted by Crippen LogP contribution is -2.00. The largest absolute Gasteiger partial charge is 0.321 e. The number of thiol groups is 1. The smallest absolute Gasteiger partial charge is 0.176 e. The van der Waals surface area contributed by atoms with Crippen LogP contribution in [0.5, 0.6) is 0 Å². The van der Waals surface area contributed by atoms with E-state index in [-0.39, 0.29) is 5.69 Å². The van der Waals surface area contributed by atoms with Gasteiger partial charge in [-0.05, 0) is 18.6 Å². The SMILES string of the molecule is N#Cc1ncn(CCCCCCS)c1C#N. The second-order valence-electron chi connectivity index (χ2n) is 3.50. The van der Waals surface area contributed by atoms with E-state index in [1.54, 1.807) is 10.9 Å². The molecule has 0 atom stereocenters. The predicted octanol–water partition coefficient (Wildman–Crippen LogP) is 2.12. The lowest BCUT2D eigenvalue weighted by molar-refractivity contribution is 0.580. The highest BCUT2D eigenvalue weighted by Gasteiger charge is 2.08. The first kappa shape index (κ1) is 12.6. The Morgan fingerprint density at radius 2 is 1.94 bits per heavy atom. The minimum atomic E-state index is 0.220. The molecule has 0 aromatic carbocycles. The molecule has 0 fully saturated rings. The van der Waals surface area contributed by atoms with Gasteiger partial charge in [0.2, 0.25) is 0 Å². The number of nitriles is 2. The van der Waals surface area contributed by atoms with E-state index < -0.39 is 0 Å². The zero-order chi connectivity index (χ0) is 11.8. The lowest BCUT2D eigenvalue weighted by atomic mass is 10.2. The van der Waals surface area contributed by atoms with Crippen molar-refractivity contribution in [3.8, 4) is 12.1 Å². The van der Waals surface area contributed by atoms with E-state index in [0.29, 0.717) is 5.69 Å². The molecule has 0 bridgehead atoms. The van der Waals surface area contributed by atoms with Crippen LogP contribution in [0.15, 0.2) is 6.33 Å². The van der Waals surface area contributed by atoms with Gasteiger partial charge < -0.3 is 4.57 Å². The molecule has 4 nitrogen and oxygen atoms in total. The third-order valence-electron chi connectivity index (χ3n) is 2.36. The van der Waals surface area contributed by atoms with Gasteiger partial charge in [0, 0.05) is 6.54 Å². The maximum atomic E-state index is 8.89. The first-order chi connectivity index (χ1) is 7.83. The fourth-order valence-electron chi connectivity index (χ4n) is 1.50. The maximum absolute atomic E-state index is 8.89. The van der Waals surface area contributed by atoms with Crippen molar-refractivity contribution in [3.05, 3.63) is 17.7 Å². The van der Waals surface area contributed by atoms with Gasteiger partial charge in [0.15, 0.2) is 11.4 Å². The quantitative estimate of drug-likeness (QED) is 0.605. The van der Waals surface area contributed by atoms with E-state index in [9.17, 15) is 0 Å². The van der Waals surface area contributed by atoms with Gasteiger partial charge in [0.05, 0.1) is 6.33 Å². The molecule has 5 heteroatoms. The van der Waals surface area contributed by atoms with Crippen LogP contribution in [0.25, 0.3) is 0 Å². The number of hydrogen-bond donors (Lipinski definition) is 1. The molecule has 0 spiro atoms. The van der Waals surface area contributed by atoms with Crippen molar-refractivity contribution in [2.45, 2.75) is 32.2 Å². The van der Waals surface area contributed by atoms with E-state index in [0.717, 1.165) is 38.0 Å². The molecule has 0 saturated heterocycles. The number of aromatic nitrogens is 2. The number of nitrogens with zero attached hydrogens (tertiary/aromatic N) is 4. The van der Waals surface area contributed by atoms with Crippen molar-refractivity contribution >= 4 is 12.6 Å². The Bertz CT molecular complexity index is 411. The summed E-state index contributed by atoms with van der Waals surface area (Å²) in [5, 5.41) is 17.6. The Morgan fingerprint density at radius 1 is 1.19 bits per heavy atom. The van der Waals surface area contributed by atoms with Gasteiger partial charge in [0.1, 0.15) is 12.1 Å². The van der Waals surface area contributed by atoms with Crippen molar-refractivity contribution < 1.29 is 0 Å². The number of imidazole rings is 1. The average molecular weight is 234 g/mol. The third kappa shape index (κ3) is 3.29. The molecule has 0 radical (unpaired) electrons. The number of unbranched alkanes of at least 4 members (excludes halogenated alkanes) is 3. The molecular weight excluding hydrogens is 220 g/mol. The zero-order valence-electron chi connectivity index (χ0n) is 9.06. The van der Waals surface area contributed by atoms with E-state index >= 15 is 0 Å². The fraction of sp³-hybridized carbons (Fsp3) is 0.545. The monoisotopic (exact) mass is 234 g/mol. The van der Waals surface area contributed by atoms with Crippen LogP contribution in [0.2, 0.25) is 0 Å². The second-order valence-corrected chi connectivity index (χ2v) is 3.94. The normalized spacial score (nSPS) is 9.69. The van der Waals surface area contributed by atoms with E-state index in [1.807, 2.05) is 12.1 Å². The van der Waals surface area contributed by atoms with Gasteiger partial charge in [-0.15, -0.1) is 0 Å². The molecule has 0 aliphatic carbocycles. The Labute approximate surface area is 101 Å². The summed E-state index contributed by atoms with van der Waals surface area (Å²) in [5.74, 6) is 0.924. The van der Waals surface area contributed by atoms with Crippen LogP contribution >= 0.6 is 12.6 Å². The lowest BCUT2D eigenvalue weighted by Gasteiger charge is -2.02. The first-order valence-electron chi connectivity index (χ1n) is 5.29. The summed E-state index contributed by atoms with van der Waals surface area (Å²) >= 11 is 4.15. The summed E-state index contributed by atoms with van der Waals surface area (Å²) in [6, 6.07) is 3.93. The minimum absolute atomic E-state index is 0.220. The summed E-state index contributed by atoms with van der Waals surface area (Å²) in [5.41, 5.74) is 0.592. The summed E-state index contributed by atoms with van der Waals surface area (Å²) in [6.07, 6.45) is 5.97. The molecule has 1 rings (SSSR count). The number of hydrogen-bond acceptors (Lipinski definition) is 4. The summed E-state index contributed by atoms with van der Waals surface area (Å²) in [6.45, 7) is 0.754. The van der Waals surface area contributed by atoms with Crippen molar-refractivity contribution in [3.63, 3.8) is 0 Å². The minimum Gasteiger partial charge on any atom is -0.321 e. The van der Waals surface area contributed by atoms with Crippen LogP contribution in [-0.2, 0) is 6.54 Å². The molecular formula is C11H14N4S. The molecule has 0 N–H and O–H groups in total. The average Bonchev–Trinajstić information content (AvgIpc) is 2.71. The van der Waals surface area contributed by atoms with Crippen LogP contribution < -0.4 is 0 Å². The molecule has 1 heterocycles. The number of aryl methyl sites for hydroxylation is 1. The van der Waals surface area contributed by atoms with Crippen molar-refractivity contribution in [2.24, 2.45) is 0 Å². The molecule has 84 valence electrons. The van der Waals surface area contributed by atoms with Gasteiger partial charge in [0.25, 0.3) is 0 Å². The Kier molecular flexibility index (Phi) is 5.45. The summed E-state index contributed by atoms with van der Waals surface area (Å²) < 4.78 is 1.75. The van der Waals surface area contributed by atoms with Crippen LogP contribution in [0.1, 0.15) is 37.1 Å². The summed E-state index contributed by atoms with van der Waals surface area (Å²) in [7, 11) is 0. The van der Waals surface area contributed by atoms with E-state index in [1.165, 1.54) is 0 Å². The topological polar surface area (TPSA) is 65.4 Å². The fourth-order valence-corrected chi connectivity index (χ4v) is 1.72. The highest BCUT2D eigenvalue weighted by molar-refractivity contribution is 7.80. The molecule has 0 aliphatic heterocycles. The van der Waals surface area contributed by atoms with Crippen molar-refractivity contribution in [2.75, 3.05) is 5.75 Å². The molecule has 1 aromatic rings. The van der Waals surface area contributed by atoms with Gasteiger partial charge in [-0.3, -0.25) is 0 Å². The van der Waals surface area contributed by atoms with Crippen molar-refractivity contribution in [1.29, 1.82) is 10.5 Å². The maximum Gasteiger partial charge on any atom is 0.176 e. The molecule has 0 aliphatic rings. The highest BCUT2D eigenvalue weighted by atomic mass is 32.1. The van der Waals surface area contributed by atoms with E-state index in [4.69, 9.17) is 10.5 Å². The zero-order valence-corrected chi connectivity index (χ0v) is 9.95. The Hall–Kier alpha value is -1.46. The van der Waals surface area contributed by atoms with Crippen LogP contribution in [-0.4, -0.2) is 15.3 Å². The standard InChI is InChI=1S/C11H14N4S/c12-7-10-11(8-13)15(9-14-10)5-3-1-2-4-6-16/h9,16H,1-6H2. The summed E-state index contributed by atoms with van der Waals surface area (Å²) in [4.78, 5) is 3.89. The molecule has 1 aromatic heterocycles. The van der Waals surface area contributed by atoms with Gasteiger partial charge >= 0.3 is 0 Å². The number of rotatable bonds is 6. The van der Waals surface area contributed by atoms with Crippen LogP contribution in [0, 0.1) is 22.7 Å². The molecule has 0 saturated carbocycles. The third-order valence-corrected chi connectivity index (χ3v) is 2.67. The Balaban J connectivity index is 2.46. The molecule has 0 amide bonds. The predicted molar refractivity (Wildman–Crippen MR) is 64.0 cm³/mol. The van der Waals surface area contributed by atoms with Gasteiger partial charge in [-0.25, -0.2) is 4.98 Å². The molecule has 0 unspecified atom stereocenters. The Morgan fingerprint density at radius 3 is 2.56 bits per heavy atom. The van der Waals surface area contributed by atoms with Gasteiger partial charge in [-0.1, -0.05) is 12.8 Å². The van der Waals surface area contributed by atoms with Crippen LogP contribution in [0.3, 0.4) is 0 Å². The van der Waals surface area contributed by atoms with E-state index in [2.05, 4.69) is 17.6 Å². The molecule has 16 heavy (non-hydrogen) atoms. The van der Waals surface area contributed by atoms with Gasteiger partial charge in [-0.2, -0.15) is 23.2 Å². The first-order valence-corrected chi connectivity index (χ1v) is 5.93. The van der Waals surface area contributed by atoms with Crippen LogP contribution in [0.4, 0.5) is 0 Å². The van der Waals surface area contributed by atoms with Crippen molar-refractivity contribution in [1.82, 2.24) is 9.55 Å².